The Morgan fingerprint density at radius 2 is 1.87 bits per heavy atom. The van der Waals surface area contributed by atoms with Gasteiger partial charge in [-0.15, -0.1) is 0 Å². The quantitative estimate of drug-likeness (QED) is 0.713. The van der Waals surface area contributed by atoms with Gasteiger partial charge < -0.3 is 5.32 Å². The van der Waals surface area contributed by atoms with E-state index in [4.69, 9.17) is 0 Å². The predicted octanol–water partition coefficient (Wildman–Crippen LogP) is 1.02. The smallest absolute Gasteiger partial charge is 0.0217 e. The van der Waals surface area contributed by atoms with Crippen molar-refractivity contribution in [3.8, 4) is 0 Å². The van der Waals surface area contributed by atoms with Gasteiger partial charge in [-0.1, -0.05) is 11.9 Å². The summed E-state index contributed by atoms with van der Waals surface area (Å²) in [5.74, 6) is 0. The van der Waals surface area contributed by atoms with E-state index in [-0.39, 0.29) is 0 Å². The lowest BCUT2D eigenvalue weighted by Crippen LogP contribution is -2.44. The van der Waals surface area contributed by atoms with Crippen LogP contribution in [-0.4, -0.2) is 60.8 Å². The monoisotopic (exact) mass is 229 g/mol. The molecule has 0 bridgehead atoms. The first kappa shape index (κ1) is 11.7. The van der Waals surface area contributed by atoms with Gasteiger partial charge in [-0.2, -0.15) is 0 Å². The molecule has 15 heavy (non-hydrogen) atoms. The highest BCUT2D eigenvalue weighted by Crippen LogP contribution is 2.16. The summed E-state index contributed by atoms with van der Waals surface area (Å²) in [6.07, 6.45) is 6.23. The molecule has 2 heterocycles. The third-order valence-corrected chi connectivity index (χ3v) is 4.45. The summed E-state index contributed by atoms with van der Waals surface area (Å²) in [5, 5.41) is 3.45. The Kier molecular flexibility index (Phi) is 4.75. The molecule has 2 aliphatic rings. The van der Waals surface area contributed by atoms with Crippen molar-refractivity contribution in [2.75, 3.05) is 45.5 Å². The van der Waals surface area contributed by atoms with Crippen LogP contribution in [0.1, 0.15) is 19.3 Å². The lowest BCUT2D eigenvalue weighted by atomic mass is 10.0. The number of piperidine rings is 1. The topological polar surface area (TPSA) is 18.5 Å². The van der Waals surface area contributed by atoms with E-state index in [0.717, 1.165) is 6.04 Å². The first-order chi connectivity index (χ1) is 7.40. The maximum Gasteiger partial charge on any atom is 0.0217 e. The average Bonchev–Trinajstić information content (AvgIpc) is 2.55. The molecular formula is C11H23N3S. The Balaban J connectivity index is 1.81. The molecule has 2 fully saturated rings. The zero-order chi connectivity index (χ0) is 10.5. The molecule has 2 aliphatic heterocycles. The number of hydrogen-bond donors (Lipinski definition) is 1. The van der Waals surface area contributed by atoms with Gasteiger partial charge in [0, 0.05) is 25.7 Å². The van der Waals surface area contributed by atoms with E-state index in [1.807, 2.05) is 11.9 Å². The predicted molar refractivity (Wildman–Crippen MR) is 67.2 cm³/mol. The number of hydrogen-bond acceptors (Lipinski definition) is 4. The SMILES string of the molecule is CSN1CCCN(C2CCNCC2)CC1. The molecule has 2 saturated heterocycles. The minimum atomic E-state index is 0.855. The summed E-state index contributed by atoms with van der Waals surface area (Å²) in [4.78, 5) is 2.72. The van der Waals surface area contributed by atoms with Crippen molar-refractivity contribution in [2.24, 2.45) is 0 Å². The van der Waals surface area contributed by atoms with Crippen LogP contribution >= 0.6 is 11.9 Å². The Morgan fingerprint density at radius 1 is 1.07 bits per heavy atom. The van der Waals surface area contributed by atoms with E-state index in [0.29, 0.717) is 0 Å². The van der Waals surface area contributed by atoms with Crippen LogP contribution in [0.5, 0.6) is 0 Å². The largest absolute Gasteiger partial charge is 0.317 e. The van der Waals surface area contributed by atoms with E-state index in [9.17, 15) is 0 Å². The van der Waals surface area contributed by atoms with Crippen LogP contribution in [0.3, 0.4) is 0 Å². The van der Waals surface area contributed by atoms with Crippen molar-refractivity contribution in [1.82, 2.24) is 14.5 Å². The normalized spacial score (nSPS) is 27.8. The van der Waals surface area contributed by atoms with Gasteiger partial charge in [0.05, 0.1) is 0 Å². The molecule has 0 atom stereocenters. The zero-order valence-corrected chi connectivity index (χ0v) is 10.6. The number of nitrogens with zero attached hydrogens (tertiary/aromatic N) is 2. The third-order valence-electron chi connectivity index (χ3n) is 3.57. The Bertz CT molecular complexity index is 183. The minimum Gasteiger partial charge on any atom is -0.317 e. The van der Waals surface area contributed by atoms with Gasteiger partial charge in [0.2, 0.25) is 0 Å². The molecule has 0 amide bonds. The Hall–Kier alpha value is 0.230. The van der Waals surface area contributed by atoms with Crippen molar-refractivity contribution < 1.29 is 0 Å². The summed E-state index contributed by atoms with van der Waals surface area (Å²) in [5.41, 5.74) is 0. The van der Waals surface area contributed by atoms with Crippen molar-refractivity contribution in [2.45, 2.75) is 25.3 Å². The van der Waals surface area contributed by atoms with E-state index >= 15 is 0 Å². The molecule has 0 aliphatic carbocycles. The molecule has 0 unspecified atom stereocenters. The van der Waals surface area contributed by atoms with Crippen LogP contribution in [0, 0.1) is 0 Å². The van der Waals surface area contributed by atoms with Gasteiger partial charge >= 0.3 is 0 Å². The molecule has 4 heteroatoms. The van der Waals surface area contributed by atoms with Gasteiger partial charge in [0.15, 0.2) is 0 Å². The van der Waals surface area contributed by atoms with E-state index in [1.165, 1.54) is 58.5 Å². The van der Waals surface area contributed by atoms with Crippen LogP contribution in [0.4, 0.5) is 0 Å². The third kappa shape index (κ3) is 3.34. The molecule has 1 N–H and O–H groups in total. The standard InChI is InChI=1S/C11H23N3S/c1-15-14-8-2-7-13(9-10-14)11-3-5-12-6-4-11/h11-12H,2-10H2,1H3. The molecular weight excluding hydrogens is 206 g/mol. The van der Waals surface area contributed by atoms with Crippen LogP contribution in [0.2, 0.25) is 0 Å². The fourth-order valence-corrected chi connectivity index (χ4v) is 3.21. The second-order valence-electron chi connectivity index (χ2n) is 4.48. The first-order valence-corrected chi connectivity index (χ1v) is 7.32. The highest BCUT2D eigenvalue weighted by Gasteiger charge is 2.22. The number of nitrogens with one attached hydrogen (secondary N) is 1. The molecule has 0 spiro atoms. The lowest BCUT2D eigenvalue weighted by molar-refractivity contribution is 0.170. The van der Waals surface area contributed by atoms with Gasteiger partial charge in [0.25, 0.3) is 0 Å². The van der Waals surface area contributed by atoms with Crippen LogP contribution in [0.25, 0.3) is 0 Å². The highest BCUT2D eigenvalue weighted by molar-refractivity contribution is 7.96. The maximum absolute atomic E-state index is 3.45. The lowest BCUT2D eigenvalue weighted by Gasteiger charge is -2.33. The fourth-order valence-electron chi connectivity index (χ4n) is 2.63. The number of rotatable bonds is 2. The van der Waals surface area contributed by atoms with Crippen LogP contribution in [0.15, 0.2) is 0 Å². The van der Waals surface area contributed by atoms with Crippen molar-refractivity contribution in [1.29, 1.82) is 0 Å². The van der Waals surface area contributed by atoms with Gasteiger partial charge in [-0.3, -0.25) is 4.90 Å². The minimum absolute atomic E-state index is 0.855. The van der Waals surface area contributed by atoms with Crippen molar-refractivity contribution in [3.05, 3.63) is 0 Å². The Labute approximate surface area is 97.7 Å². The summed E-state index contributed by atoms with van der Waals surface area (Å²) in [6.45, 7) is 7.52. The molecule has 0 saturated carbocycles. The summed E-state index contributed by atoms with van der Waals surface area (Å²) >= 11 is 1.90. The van der Waals surface area contributed by atoms with E-state index < -0.39 is 0 Å². The van der Waals surface area contributed by atoms with Crippen LogP contribution < -0.4 is 5.32 Å². The zero-order valence-electron chi connectivity index (χ0n) is 9.74. The molecule has 3 nitrogen and oxygen atoms in total. The van der Waals surface area contributed by atoms with Gasteiger partial charge in [0.1, 0.15) is 0 Å². The second kappa shape index (κ2) is 6.09. The first-order valence-electron chi connectivity index (χ1n) is 6.14. The molecule has 0 aromatic heterocycles. The van der Waals surface area contributed by atoms with Gasteiger partial charge in [-0.25, -0.2) is 4.31 Å². The van der Waals surface area contributed by atoms with Gasteiger partial charge in [-0.05, 0) is 45.2 Å². The molecule has 0 radical (unpaired) electrons. The average molecular weight is 229 g/mol. The van der Waals surface area contributed by atoms with Crippen molar-refractivity contribution in [3.63, 3.8) is 0 Å². The summed E-state index contributed by atoms with van der Waals surface area (Å²) in [7, 11) is 0. The summed E-state index contributed by atoms with van der Waals surface area (Å²) in [6, 6.07) is 0.855. The highest BCUT2D eigenvalue weighted by atomic mass is 32.2. The molecule has 2 rings (SSSR count). The Morgan fingerprint density at radius 3 is 2.60 bits per heavy atom. The maximum atomic E-state index is 3.45. The molecule has 0 aromatic rings. The fraction of sp³-hybridized carbons (Fsp3) is 1.00. The molecule has 88 valence electrons. The summed E-state index contributed by atoms with van der Waals surface area (Å²) < 4.78 is 2.50. The van der Waals surface area contributed by atoms with Crippen molar-refractivity contribution >= 4 is 11.9 Å². The second-order valence-corrected chi connectivity index (χ2v) is 5.36. The van der Waals surface area contributed by atoms with Crippen LogP contribution in [-0.2, 0) is 0 Å². The van der Waals surface area contributed by atoms with E-state index in [1.54, 1.807) is 0 Å². The molecule has 0 aromatic carbocycles. The van der Waals surface area contributed by atoms with E-state index in [2.05, 4.69) is 20.8 Å².